The van der Waals surface area contributed by atoms with Crippen LogP contribution in [-0.2, 0) is 0 Å². The first-order valence-corrected chi connectivity index (χ1v) is 3.40. The lowest BCUT2D eigenvalue weighted by atomic mass is 10.2. The molecule has 0 aliphatic rings. The third-order valence-electron chi connectivity index (χ3n) is 1.05. The molecule has 0 aliphatic carbocycles. The van der Waals surface area contributed by atoms with E-state index >= 15 is 0 Å². The van der Waals surface area contributed by atoms with Crippen molar-refractivity contribution in [2.45, 2.75) is 6.92 Å². The van der Waals surface area contributed by atoms with Gasteiger partial charge in [-0.05, 0) is 18.6 Å². The van der Waals surface area contributed by atoms with Gasteiger partial charge in [-0.1, -0.05) is 43.0 Å². The first kappa shape index (κ1) is 9.25. The number of halogens is 1. The monoisotopic (exact) mass is 154 g/mol. The van der Waals surface area contributed by atoms with Gasteiger partial charge in [0.25, 0.3) is 0 Å². The SMILES string of the molecule is C=CC(C=C)=C/C(Cl)=C\C. The minimum atomic E-state index is 0.704. The molecule has 1 heteroatoms. The van der Waals surface area contributed by atoms with Crippen molar-refractivity contribution in [3.05, 3.63) is 48.1 Å². The highest BCUT2D eigenvalue weighted by atomic mass is 35.5. The molecule has 0 N–H and O–H groups in total. The summed E-state index contributed by atoms with van der Waals surface area (Å²) in [6.07, 6.45) is 7.04. The molecule has 10 heavy (non-hydrogen) atoms. The van der Waals surface area contributed by atoms with E-state index in [2.05, 4.69) is 13.2 Å². The Balaban J connectivity index is 4.39. The third-order valence-corrected chi connectivity index (χ3v) is 1.38. The molecule has 0 aromatic rings. The summed E-state index contributed by atoms with van der Waals surface area (Å²) in [7, 11) is 0. The second-order valence-electron chi connectivity index (χ2n) is 1.73. The van der Waals surface area contributed by atoms with Crippen molar-refractivity contribution in [1.82, 2.24) is 0 Å². The molecule has 0 rings (SSSR count). The highest BCUT2D eigenvalue weighted by Crippen LogP contribution is 2.07. The Morgan fingerprint density at radius 3 is 2.10 bits per heavy atom. The Bertz CT molecular complexity index is 175. The molecule has 0 radical (unpaired) electrons. The summed E-state index contributed by atoms with van der Waals surface area (Å²) >= 11 is 5.71. The Kier molecular flexibility index (Phi) is 4.69. The van der Waals surface area contributed by atoms with E-state index in [0.717, 1.165) is 5.57 Å². The summed E-state index contributed by atoms with van der Waals surface area (Å²) in [5, 5.41) is 0.704. The molecule has 54 valence electrons. The van der Waals surface area contributed by atoms with Gasteiger partial charge in [-0.25, -0.2) is 0 Å². The topological polar surface area (TPSA) is 0 Å². The van der Waals surface area contributed by atoms with E-state index in [-0.39, 0.29) is 0 Å². The van der Waals surface area contributed by atoms with Crippen molar-refractivity contribution in [1.29, 1.82) is 0 Å². The summed E-state index contributed by atoms with van der Waals surface area (Å²) in [5.41, 5.74) is 0.933. The minimum Gasteiger partial charge on any atom is -0.0985 e. The van der Waals surface area contributed by atoms with Gasteiger partial charge in [-0.2, -0.15) is 0 Å². The van der Waals surface area contributed by atoms with Crippen LogP contribution in [-0.4, -0.2) is 0 Å². The van der Waals surface area contributed by atoms with Crippen molar-refractivity contribution in [3.8, 4) is 0 Å². The summed E-state index contributed by atoms with van der Waals surface area (Å²) in [4.78, 5) is 0. The van der Waals surface area contributed by atoms with Gasteiger partial charge in [0, 0.05) is 5.03 Å². The van der Waals surface area contributed by atoms with Gasteiger partial charge in [-0.3, -0.25) is 0 Å². The van der Waals surface area contributed by atoms with Crippen molar-refractivity contribution in [3.63, 3.8) is 0 Å². The van der Waals surface area contributed by atoms with Crippen LogP contribution in [0.1, 0.15) is 6.92 Å². The van der Waals surface area contributed by atoms with E-state index in [1.807, 2.05) is 19.1 Å². The van der Waals surface area contributed by atoms with E-state index in [9.17, 15) is 0 Å². The number of hydrogen-bond donors (Lipinski definition) is 0. The fourth-order valence-electron chi connectivity index (χ4n) is 0.444. The molecule has 0 atom stereocenters. The Hall–Kier alpha value is -0.750. The maximum atomic E-state index is 5.71. The zero-order valence-electron chi connectivity index (χ0n) is 6.10. The van der Waals surface area contributed by atoms with Gasteiger partial charge in [0.1, 0.15) is 0 Å². The molecule has 0 aromatic heterocycles. The molecule has 0 nitrogen and oxygen atoms in total. The summed E-state index contributed by atoms with van der Waals surface area (Å²) < 4.78 is 0. The smallest absolute Gasteiger partial charge is 0.0369 e. The molecule has 0 aromatic carbocycles. The van der Waals surface area contributed by atoms with Gasteiger partial charge in [0.2, 0.25) is 0 Å². The molecule has 0 spiro atoms. The van der Waals surface area contributed by atoms with Gasteiger partial charge < -0.3 is 0 Å². The molecule has 0 aliphatic heterocycles. The van der Waals surface area contributed by atoms with Crippen LogP contribution in [0.15, 0.2) is 48.1 Å². The molecular formula is C9H11Cl. The highest BCUT2D eigenvalue weighted by molar-refractivity contribution is 6.31. The largest absolute Gasteiger partial charge is 0.0985 e. The fraction of sp³-hybridized carbons (Fsp3) is 0.111. The molecule has 0 saturated carbocycles. The normalized spacial score (nSPS) is 10.4. The lowest BCUT2D eigenvalue weighted by molar-refractivity contribution is 1.64. The standard InChI is InChI=1S/C9H11Cl/c1-4-8(5-2)7-9(10)6-3/h4-7H,1-2H2,3H3/b9-6+. The molecular weight excluding hydrogens is 144 g/mol. The lowest BCUT2D eigenvalue weighted by Crippen LogP contribution is -1.69. The van der Waals surface area contributed by atoms with E-state index in [0.29, 0.717) is 5.03 Å². The summed E-state index contributed by atoms with van der Waals surface area (Å²) in [6, 6.07) is 0. The number of rotatable bonds is 3. The van der Waals surface area contributed by atoms with Crippen LogP contribution in [0.2, 0.25) is 0 Å². The van der Waals surface area contributed by atoms with E-state index < -0.39 is 0 Å². The van der Waals surface area contributed by atoms with Crippen molar-refractivity contribution in [2.24, 2.45) is 0 Å². The predicted molar refractivity (Wildman–Crippen MR) is 48.1 cm³/mol. The predicted octanol–water partition coefficient (Wildman–Crippen LogP) is 3.43. The van der Waals surface area contributed by atoms with Gasteiger partial charge in [0.05, 0.1) is 0 Å². The maximum absolute atomic E-state index is 5.71. The Labute approximate surface area is 67.2 Å². The minimum absolute atomic E-state index is 0.704. The van der Waals surface area contributed by atoms with E-state index in [1.54, 1.807) is 12.2 Å². The van der Waals surface area contributed by atoms with Gasteiger partial charge in [0.15, 0.2) is 0 Å². The van der Waals surface area contributed by atoms with E-state index in [1.165, 1.54) is 0 Å². The molecule has 0 fully saturated rings. The summed E-state index contributed by atoms with van der Waals surface area (Å²) in [6.45, 7) is 9.07. The average molecular weight is 155 g/mol. The zero-order valence-corrected chi connectivity index (χ0v) is 6.86. The van der Waals surface area contributed by atoms with Crippen molar-refractivity contribution < 1.29 is 0 Å². The molecule has 0 heterocycles. The van der Waals surface area contributed by atoms with Crippen molar-refractivity contribution in [2.75, 3.05) is 0 Å². The average Bonchev–Trinajstić information content (AvgIpc) is 1.99. The van der Waals surface area contributed by atoms with Crippen LogP contribution in [0.25, 0.3) is 0 Å². The van der Waals surface area contributed by atoms with Crippen molar-refractivity contribution >= 4 is 11.6 Å². The van der Waals surface area contributed by atoms with Crippen LogP contribution in [0, 0.1) is 0 Å². The molecule has 0 bridgehead atoms. The van der Waals surface area contributed by atoms with Crippen LogP contribution in [0.4, 0.5) is 0 Å². The first-order chi connectivity index (χ1) is 4.74. The van der Waals surface area contributed by atoms with Crippen LogP contribution < -0.4 is 0 Å². The number of allylic oxidation sites excluding steroid dienone is 6. The maximum Gasteiger partial charge on any atom is 0.0369 e. The van der Waals surface area contributed by atoms with Crippen LogP contribution >= 0.6 is 11.6 Å². The van der Waals surface area contributed by atoms with E-state index in [4.69, 9.17) is 11.6 Å². The molecule has 0 amide bonds. The van der Waals surface area contributed by atoms with Crippen LogP contribution in [0.3, 0.4) is 0 Å². The quantitative estimate of drug-likeness (QED) is 0.547. The second kappa shape index (κ2) is 5.07. The summed E-state index contributed by atoms with van der Waals surface area (Å²) in [5.74, 6) is 0. The molecule has 0 unspecified atom stereocenters. The second-order valence-corrected chi connectivity index (χ2v) is 2.16. The lowest BCUT2D eigenvalue weighted by Gasteiger charge is -1.90. The Morgan fingerprint density at radius 2 is 1.80 bits per heavy atom. The first-order valence-electron chi connectivity index (χ1n) is 3.03. The van der Waals surface area contributed by atoms with Gasteiger partial charge in [-0.15, -0.1) is 0 Å². The van der Waals surface area contributed by atoms with Crippen LogP contribution in [0.5, 0.6) is 0 Å². The molecule has 0 saturated heterocycles. The third kappa shape index (κ3) is 3.31. The highest BCUT2D eigenvalue weighted by Gasteiger charge is 1.84. The fourth-order valence-corrected chi connectivity index (χ4v) is 0.570. The number of hydrogen-bond acceptors (Lipinski definition) is 0. The Morgan fingerprint density at radius 1 is 1.30 bits per heavy atom. The van der Waals surface area contributed by atoms with Gasteiger partial charge >= 0.3 is 0 Å². The zero-order chi connectivity index (χ0) is 7.98.